The van der Waals surface area contributed by atoms with Crippen molar-refractivity contribution in [3.63, 3.8) is 0 Å². The molecule has 0 amide bonds. The summed E-state index contributed by atoms with van der Waals surface area (Å²) in [5.41, 5.74) is 0.473. The lowest BCUT2D eigenvalue weighted by atomic mass is 10.2. The average Bonchev–Trinajstić information content (AvgIpc) is 2.93. The molecule has 108 valence electrons. The number of nitrogens with zero attached hydrogens (tertiary/aromatic N) is 2. The summed E-state index contributed by atoms with van der Waals surface area (Å²) < 4.78 is 24.4. The van der Waals surface area contributed by atoms with Crippen LogP contribution >= 0.6 is 0 Å². The Balaban J connectivity index is 1.95. The number of hydrogen-bond acceptors (Lipinski definition) is 5. The molecule has 1 aromatic rings. The Morgan fingerprint density at radius 2 is 2.10 bits per heavy atom. The van der Waals surface area contributed by atoms with Crippen molar-refractivity contribution >= 4 is 9.84 Å². The van der Waals surface area contributed by atoms with Gasteiger partial charge in [-0.05, 0) is 44.3 Å². The summed E-state index contributed by atoms with van der Waals surface area (Å²) in [5.74, 6) is 0.120. The molecule has 0 aliphatic carbocycles. The minimum absolute atomic E-state index is 0.120. The monoisotopic (exact) mass is 293 g/mol. The molecule has 1 aliphatic rings. The first-order chi connectivity index (χ1) is 9.55. The largest absolute Gasteiger partial charge is 0.316 e. The first-order valence-corrected chi connectivity index (χ1v) is 8.33. The van der Waals surface area contributed by atoms with E-state index in [2.05, 4.69) is 10.2 Å². The smallest absolute Gasteiger partial charge is 0.179 e. The topological polar surface area (TPSA) is 73.2 Å². The third kappa shape index (κ3) is 3.57. The van der Waals surface area contributed by atoms with Gasteiger partial charge in [0, 0.05) is 19.1 Å². The SMILES string of the molecule is CNC1CCN(CCS(=O)(=O)c2ccc(C#N)cc2)C1. The Morgan fingerprint density at radius 3 is 2.65 bits per heavy atom. The third-order valence-electron chi connectivity index (χ3n) is 3.70. The predicted molar refractivity (Wildman–Crippen MR) is 77.1 cm³/mol. The van der Waals surface area contributed by atoms with Crippen molar-refractivity contribution in [2.45, 2.75) is 17.4 Å². The molecule has 0 bridgehead atoms. The van der Waals surface area contributed by atoms with E-state index in [-0.39, 0.29) is 5.75 Å². The van der Waals surface area contributed by atoms with Gasteiger partial charge in [-0.2, -0.15) is 5.26 Å². The summed E-state index contributed by atoms with van der Waals surface area (Å²) in [7, 11) is -1.34. The van der Waals surface area contributed by atoms with Gasteiger partial charge in [0.05, 0.1) is 22.3 Å². The zero-order valence-electron chi connectivity index (χ0n) is 11.5. The highest BCUT2D eigenvalue weighted by atomic mass is 32.2. The van der Waals surface area contributed by atoms with Gasteiger partial charge in [0.1, 0.15) is 0 Å². The fraction of sp³-hybridized carbons (Fsp3) is 0.500. The lowest BCUT2D eigenvalue weighted by molar-refractivity contribution is 0.349. The Bertz CT molecular complexity index is 590. The summed E-state index contributed by atoms with van der Waals surface area (Å²) in [6, 6.07) is 8.55. The van der Waals surface area contributed by atoms with Crippen molar-refractivity contribution in [3.8, 4) is 6.07 Å². The van der Waals surface area contributed by atoms with Crippen molar-refractivity contribution in [1.29, 1.82) is 5.26 Å². The van der Waals surface area contributed by atoms with Gasteiger partial charge in [0.15, 0.2) is 9.84 Å². The van der Waals surface area contributed by atoms with Gasteiger partial charge in [0.25, 0.3) is 0 Å². The minimum Gasteiger partial charge on any atom is -0.316 e. The standard InChI is InChI=1S/C14H19N3O2S/c1-16-13-6-7-17(11-13)8-9-20(18,19)14-4-2-12(10-15)3-5-14/h2-5,13,16H,6-9,11H2,1H3. The first kappa shape index (κ1) is 15.0. The molecule has 6 heteroatoms. The highest BCUT2D eigenvalue weighted by Gasteiger charge is 2.23. The first-order valence-electron chi connectivity index (χ1n) is 6.67. The number of likely N-dealkylation sites (N-methyl/N-ethyl adjacent to an activating group) is 1. The second kappa shape index (κ2) is 6.35. The van der Waals surface area contributed by atoms with Crippen LogP contribution in [0.5, 0.6) is 0 Å². The fourth-order valence-corrected chi connectivity index (χ4v) is 3.66. The average molecular weight is 293 g/mol. The highest BCUT2D eigenvalue weighted by molar-refractivity contribution is 7.91. The highest BCUT2D eigenvalue weighted by Crippen LogP contribution is 2.14. The molecule has 2 rings (SSSR count). The van der Waals surface area contributed by atoms with E-state index < -0.39 is 9.84 Å². The Kier molecular flexibility index (Phi) is 4.76. The lowest BCUT2D eigenvalue weighted by Gasteiger charge is -2.15. The number of rotatable bonds is 5. The van der Waals surface area contributed by atoms with Crippen LogP contribution in [-0.2, 0) is 9.84 Å². The summed E-state index contributed by atoms with van der Waals surface area (Å²) in [4.78, 5) is 2.46. The molecular formula is C14H19N3O2S. The molecule has 1 saturated heterocycles. The molecule has 1 heterocycles. The zero-order chi connectivity index (χ0) is 14.6. The van der Waals surface area contributed by atoms with E-state index >= 15 is 0 Å². The normalized spacial score (nSPS) is 19.9. The Morgan fingerprint density at radius 1 is 1.40 bits per heavy atom. The number of benzene rings is 1. The van der Waals surface area contributed by atoms with Gasteiger partial charge < -0.3 is 10.2 Å². The predicted octanol–water partition coefficient (Wildman–Crippen LogP) is 0.626. The molecule has 5 nitrogen and oxygen atoms in total. The maximum Gasteiger partial charge on any atom is 0.179 e. The number of likely N-dealkylation sites (tertiary alicyclic amines) is 1. The fourth-order valence-electron chi connectivity index (χ4n) is 2.38. The molecule has 1 aliphatic heterocycles. The molecule has 0 radical (unpaired) electrons. The maximum absolute atomic E-state index is 12.2. The van der Waals surface area contributed by atoms with Gasteiger partial charge in [-0.25, -0.2) is 8.42 Å². The van der Waals surface area contributed by atoms with E-state index in [4.69, 9.17) is 5.26 Å². The van der Waals surface area contributed by atoms with Gasteiger partial charge in [0.2, 0.25) is 0 Å². The van der Waals surface area contributed by atoms with E-state index in [9.17, 15) is 8.42 Å². The minimum atomic E-state index is -3.27. The van der Waals surface area contributed by atoms with Crippen molar-refractivity contribution in [1.82, 2.24) is 10.2 Å². The molecule has 1 unspecified atom stereocenters. The summed E-state index contributed by atoms with van der Waals surface area (Å²) in [6.07, 6.45) is 1.06. The van der Waals surface area contributed by atoms with E-state index in [0.29, 0.717) is 23.0 Å². The molecule has 1 atom stereocenters. The third-order valence-corrected chi connectivity index (χ3v) is 5.41. The van der Waals surface area contributed by atoms with Crippen LogP contribution in [0, 0.1) is 11.3 Å². The van der Waals surface area contributed by atoms with E-state index in [1.807, 2.05) is 13.1 Å². The molecule has 0 spiro atoms. The summed E-state index contributed by atoms with van der Waals surface area (Å²) in [6.45, 7) is 2.40. The second-order valence-electron chi connectivity index (χ2n) is 5.03. The van der Waals surface area contributed by atoms with Crippen molar-refractivity contribution in [2.75, 3.05) is 32.4 Å². The van der Waals surface area contributed by atoms with Gasteiger partial charge in [-0.3, -0.25) is 0 Å². The number of sulfone groups is 1. The molecule has 20 heavy (non-hydrogen) atoms. The second-order valence-corrected chi connectivity index (χ2v) is 7.14. The maximum atomic E-state index is 12.2. The molecule has 1 fully saturated rings. The molecule has 1 N–H and O–H groups in total. The number of hydrogen-bond donors (Lipinski definition) is 1. The van der Waals surface area contributed by atoms with E-state index in [1.54, 1.807) is 12.1 Å². The number of nitrogens with one attached hydrogen (secondary N) is 1. The Labute approximate surface area is 120 Å². The summed E-state index contributed by atoms with van der Waals surface area (Å²) in [5, 5.41) is 11.9. The molecular weight excluding hydrogens is 274 g/mol. The van der Waals surface area contributed by atoms with Crippen molar-refractivity contribution in [2.24, 2.45) is 0 Å². The van der Waals surface area contributed by atoms with Crippen LogP contribution in [0.2, 0.25) is 0 Å². The van der Waals surface area contributed by atoms with Crippen LogP contribution < -0.4 is 5.32 Å². The van der Waals surface area contributed by atoms with Gasteiger partial charge >= 0.3 is 0 Å². The van der Waals surface area contributed by atoms with Crippen molar-refractivity contribution < 1.29 is 8.42 Å². The van der Waals surface area contributed by atoms with E-state index in [1.165, 1.54) is 12.1 Å². The van der Waals surface area contributed by atoms with Crippen LogP contribution in [-0.4, -0.2) is 51.8 Å². The van der Waals surface area contributed by atoms with Gasteiger partial charge in [-0.1, -0.05) is 0 Å². The summed E-state index contributed by atoms with van der Waals surface area (Å²) >= 11 is 0. The molecule has 0 saturated carbocycles. The van der Waals surface area contributed by atoms with Crippen LogP contribution in [0.1, 0.15) is 12.0 Å². The zero-order valence-corrected chi connectivity index (χ0v) is 12.4. The van der Waals surface area contributed by atoms with Crippen LogP contribution in [0.4, 0.5) is 0 Å². The lowest BCUT2D eigenvalue weighted by Crippen LogP contribution is -2.32. The molecule has 0 aromatic heterocycles. The van der Waals surface area contributed by atoms with Crippen LogP contribution in [0.25, 0.3) is 0 Å². The quantitative estimate of drug-likeness (QED) is 0.862. The van der Waals surface area contributed by atoms with E-state index in [0.717, 1.165) is 19.5 Å². The number of nitriles is 1. The van der Waals surface area contributed by atoms with Gasteiger partial charge in [-0.15, -0.1) is 0 Å². The van der Waals surface area contributed by atoms with Crippen molar-refractivity contribution in [3.05, 3.63) is 29.8 Å². The molecule has 1 aromatic carbocycles. The van der Waals surface area contributed by atoms with Crippen LogP contribution in [0.15, 0.2) is 29.2 Å². The Hall–Kier alpha value is -1.42. The van der Waals surface area contributed by atoms with Crippen LogP contribution in [0.3, 0.4) is 0 Å².